The van der Waals surface area contributed by atoms with Crippen LogP contribution in [0.5, 0.6) is 0 Å². The lowest BCUT2D eigenvalue weighted by atomic mass is 10.3. The van der Waals surface area contributed by atoms with Gasteiger partial charge in [0.1, 0.15) is 5.82 Å². The number of hydrogen-bond donors (Lipinski definition) is 1. The molecule has 1 aliphatic carbocycles. The monoisotopic (exact) mass is 191 g/mol. The van der Waals surface area contributed by atoms with Gasteiger partial charge in [0.2, 0.25) is 0 Å². The van der Waals surface area contributed by atoms with Gasteiger partial charge in [0, 0.05) is 13.1 Å². The van der Waals surface area contributed by atoms with Crippen LogP contribution in [0.25, 0.3) is 0 Å². The van der Waals surface area contributed by atoms with E-state index in [1.165, 1.54) is 19.4 Å². The van der Waals surface area contributed by atoms with E-state index in [0.29, 0.717) is 5.82 Å². The summed E-state index contributed by atoms with van der Waals surface area (Å²) in [4.78, 5) is 6.60. The summed E-state index contributed by atoms with van der Waals surface area (Å²) >= 11 is 0. The maximum atomic E-state index is 5.62. The Morgan fingerprint density at radius 3 is 2.93 bits per heavy atom. The van der Waals surface area contributed by atoms with Crippen LogP contribution in [0, 0.1) is 5.92 Å². The zero-order chi connectivity index (χ0) is 9.97. The zero-order valence-corrected chi connectivity index (χ0v) is 8.61. The molecule has 0 amide bonds. The van der Waals surface area contributed by atoms with Crippen molar-refractivity contribution in [2.75, 3.05) is 19.3 Å². The minimum Gasteiger partial charge on any atom is -0.384 e. The molecule has 0 bridgehead atoms. The molecule has 0 radical (unpaired) electrons. The van der Waals surface area contributed by atoms with Crippen molar-refractivity contribution < 1.29 is 0 Å². The van der Waals surface area contributed by atoms with Crippen molar-refractivity contribution in [3.63, 3.8) is 0 Å². The fourth-order valence-corrected chi connectivity index (χ4v) is 1.67. The second kappa shape index (κ2) is 3.96. The Labute approximate surface area is 84.9 Å². The average Bonchev–Trinajstić information content (AvgIpc) is 2.87. The van der Waals surface area contributed by atoms with Gasteiger partial charge >= 0.3 is 0 Å². The van der Waals surface area contributed by atoms with Gasteiger partial charge in [-0.2, -0.15) is 0 Å². The first-order valence-electron chi connectivity index (χ1n) is 5.14. The van der Waals surface area contributed by atoms with Crippen molar-refractivity contribution >= 4 is 5.82 Å². The van der Waals surface area contributed by atoms with Crippen LogP contribution in [0.15, 0.2) is 18.2 Å². The predicted octanol–water partition coefficient (Wildman–Crippen LogP) is 1.51. The van der Waals surface area contributed by atoms with Gasteiger partial charge in [0.15, 0.2) is 0 Å². The van der Waals surface area contributed by atoms with Gasteiger partial charge in [-0.3, -0.25) is 0 Å². The first-order chi connectivity index (χ1) is 6.74. The molecule has 14 heavy (non-hydrogen) atoms. The van der Waals surface area contributed by atoms with Crippen molar-refractivity contribution in [3.05, 3.63) is 23.9 Å². The molecule has 1 aromatic heterocycles. The number of hydrogen-bond acceptors (Lipinski definition) is 3. The SMILES string of the molecule is CN(Cc1cccc(N)n1)CC1CC1. The maximum absolute atomic E-state index is 5.62. The topological polar surface area (TPSA) is 42.1 Å². The Hall–Kier alpha value is -1.09. The third-order valence-electron chi connectivity index (χ3n) is 2.53. The number of nitrogen functional groups attached to an aromatic ring is 1. The summed E-state index contributed by atoms with van der Waals surface area (Å²) in [6.45, 7) is 2.10. The van der Waals surface area contributed by atoms with E-state index in [9.17, 15) is 0 Å². The van der Waals surface area contributed by atoms with Gasteiger partial charge in [-0.25, -0.2) is 4.98 Å². The van der Waals surface area contributed by atoms with Gasteiger partial charge in [-0.1, -0.05) is 6.07 Å². The predicted molar refractivity (Wildman–Crippen MR) is 57.7 cm³/mol. The van der Waals surface area contributed by atoms with Crippen molar-refractivity contribution in [2.24, 2.45) is 5.92 Å². The molecule has 1 fully saturated rings. The van der Waals surface area contributed by atoms with Crippen molar-refractivity contribution in [1.82, 2.24) is 9.88 Å². The molecule has 0 aliphatic heterocycles. The minimum atomic E-state index is 0.613. The largest absolute Gasteiger partial charge is 0.384 e. The summed E-state index contributed by atoms with van der Waals surface area (Å²) in [5.41, 5.74) is 6.68. The molecule has 0 saturated heterocycles. The summed E-state index contributed by atoms with van der Waals surface area (Å²) in [6.07, 6.45) is 2.80. The van der Waals surface area contributed by atoms with Crippen LogP contribution in [0.4, 0.5) is 5.82 Å². The summed E-state index contributed by atoms with van der Waals surface area (Å²) in [7, 11) is 2.14. The molecule has 1 heterocycles. The standard InChI is InChI=1S/C11H17N3/c1-14(7-9-5-6-9)8-10-3-2-4-11(12)13-10/h2-4,9H,5-8H2,1H3,(H2,12,13). The number of nitrogens with zero attached hydrogens (tertiary/aromatic N) is 2. The first kappa shape index (κ1) is 9.46. The first-order valence-corrected chi connectivity index (χ1v) is 5.14. The van der Waals surface area contributed by atoms with Crippen LogP contribution in [0.3, 0.4) is 0 Å². The molecule has 0 unspecified atom stereocenters. The smallest absolute Gasteiger partial charge is 0.123 e. The second-order valence-corrected chi connectivity index (χ2v) is 4.19. The fourth-order valence-electron chi connectivity index (χ4n) is 1.67. The number of pyridine rings is 1. The number of nitrogens with two attached hydrogens (primary N) is 1. The lowest BCUT2D eigenvalue weighted by Crippen LogP contribution is -2.21. The lowest BCUT2D eigenvalue weighted by Gasteiger charge is -2.15. The summed E-state index contributed by atoms with van der Waals surface area (Å²) < 4.78 is 0. The van der Waals surface area contributed by atoms with E-state index in [-0.39, 0.29) is 0 Å². The van der Waals surface area contributed by atoms with E-state index in [1.807, 2.05) is 18.2 Å². The van der Waals surface area contributed by atoms with E-state index in [2.05, 4.69) is 16.9 Å². The zero-order valence-electron chi connectivity index (χ0n) is 8.61. The molecule has 3 heteroatoms. The summed E-state index contributed by atoms with van der Waals surface area (Å²) in [5.74, 6) is 1.54. The van der Waals surface area contributed by atoms with E-state index in [4.69, 9.17) is 5.73 Å². The van der Waals surface area contributed by atoms with Crippen LogP contribution >= 0.6 is 0 Å². The Kier molecular flexibility index (Phi) is 2.68. The van der Waals surface area contributed by atoms with E-state index >= 15 is 0 Å². The molecule has 0 spiro atoms. The van der Waals surface area contributed by atoms with Gasteiger partial charge in [-0.15, -0.1) is 0 Å². The van der Waals surface area contributed by atoms with E-state index in [1.54, 1.807) is 0 Å². The summed E-state index contributed by atoms with van der Waals surface area (Å²) in [6, 6.07) is 5.81. The summed E-state index contributed by atoms with van der Waals surface area (Å²) in [5, 5.41) is 0. The Balaban J connectivity index is 1.88. The lowest BCUT2D eigenvalue weighted by molar-refractivity contribution is 0.309. The van der Waals surface area contributed by atoms with Crippen LogP contribution in [-0.2, 0) is 6.54 Å². The normalized spacial score (nSPS) is 16.1. The third kappa shape index (κ3) is 2.70. The quantitative estimate of drug-likeness (QED) is 0.784. The van der Waals surface area contributed by atoms with Crippen LogP contribution in [-0.4, -0.2) is 23.5 Å². The molecular formula is C11H17N3. The molecule has 76 valence electrons. The molecule has 1 saturated carbocycles. The molecule has 2 N–H and O–H groups in total. The number of rotatable bonds is 4. The Morgan fingerprint density at radius 1 is 1.50 bits per heavy atom. The minimum absolute atomic E-state index is 0.613. The van der Waals surface area contributed by atoms with Crippen molar-refractivity contribution in [3.8, 4) is 0 Å². The van der Waals surface area contributed by atoms with E-state index < -0.39 is 0 Å². The highest BCUT2D eigenvalue weighted by Gasteiger charge is 2.22. The molecule has 3 nitrogen and oxygen atoms in total. The van der Waals surface area contributed by atoms with Crippen LogP contribution in [0.1, 0.15) is 18.5 Å². The highest BCUT2D eigenvalue weighted by atomic mass is 15.1. The highest BCUT2D eigenvalue weighted by Crippen LogP contribution is 2.29. The van der Waals surface area contributed by atoms with Gasteiger partial charge < -0.3 is 10.6 Å². The molecule has 0 atom stereocenters. The average molecular weight is 191 g/mol. The van der Waals surface area contributed by atoms with Gasteiger partial charge in [0.05, 0.1) is 5.69 Å². The van der Waals surface area contributed by atoms with E-state index in [0.717, 1.165) is 18.2 Å². The third-order valence-corrected chi connectivity index (χ3v) is 2.53. The van der Waals surface area contributed by atoms with Crippen LogP contribution < -0.4 is 5.73 Å². The molecule has 1 aliphatic rings. The van der Waals surface area contributed by atoms with Crippen molar-refractivity contribution in [2.45, 2.75) is 19.4 Å². The van der Waals surface area contributed by atoms with Gasteiger partial charge in [-0.05, 0) is 37.9 Å². The highest BCUT2D eigenvalue weighted by molar-refractivity contribution is 5.28. The Bertz CT molecular complexity index is 307. The Morgan fingerprint density at radius 2 is 2.29 bits per heavy atom. The molecule has 0 aromatic carbocycles. The van der Waals surface area contributed by atoms with Crippen molar-refractivity contribution in [1.29, 1.82) is 0 Å². The molecular weight excluding hydrogens is 174 g/mol. The van der Waals surface area contributed by atoms with Gasteiger partial charge in [0.25, 0.3) is 0 Å². The van der Waals surface area contributed by atoms with Crippen LogP contribution in [0.2, 0.25) is 0 Å². The maximum Gasteiger partial charge on any atom is 0.123 e. The fraction of sp³-hybridized carbons (Fsp3) is 0.545. The molecule has 2 rings (SSSR count). The molecule has 1 aromatic rings. The second-order valence-electron chi connectivity index (χ2n) is 4.19. The number of anilines is 1. The number of aromatic nitrogens is 1.